The van der Waals surface area contributed by atoms with Crippen LogP contribution in [0.15, 0.2) is 18.2 Å². The second-order valence-corrected chi connectivity index (χ2v) is 9.42. The van der Waals surface area contributed by atoms with E-state index in [1.807, 2.05) is 12.1 Å². The quantitative estimate of drug-likeness (QED) is 0.657. The summed E-state index contributed by atoms with van der Waals surface area (Å²) in [5, 5.41) is 11.6. The number of rotatable bonds is 5. The summed E-state index contributed by atoms with van der Waals surface area (Å²) in [6.45, 7) is 2.70. The zero-order valence-electron chi connectivity index (χ0n) is 16.0. The van der Waals surface area contributed by atoms with Crippen LogP contribution in [-0.2, 0) is 6.54 Å². The molecule has 0 bridgehead atoms. The summed E-state index contributed by atoms with van der Waals surface area (Å²) >= 11 is 7.61. The molecule has 8 heteroatoms. The van der Waals surface area contributed by atoms with Crippen molar-refractivity contribution in [3.8, 4) is 0 Å². The van der Waals surface area contributed by atoms with Gasteiger partial charge in [0.15, 0.2) is 0 Å². The Kier molecular flexibility index (Phi) is 7.80. The average molecular weight is 443 g/mol. The molecule has 0 aromatic carbocycles. The van der Waals surface area contributed by atoms with Gasteiger partial charge < -0.3 is 10.6 Å². The molecule has 1 aliphatic carbocycles. The number of piperidine rings is 1. The third-order valence-electron chi connectivity index (χ3n) is 5.72. The first-order valence-corrected chi connectivity index (χ1v) is 11.2. The van der Waals surface area contributed by atoms with E-state index in [0.29, 0.717) is 12.5 Å². The highest BCUT2D eigenvalue weighted by atomic mass is 35.5. The smallest absolute Gasteiger partial charge is 0.251 e. The van der Waals surface area contributed by atoms with E-state index in [1.54, 1.807) is 16.0 Å². The molecule has 0 amide bonds. The minimum absolute atomic E-state index is 0. The van der Waals surface area contributed by atoms with Gasteiger partial charge in [0.05, 0.1) is 16.6 Å². The third-order valence-corrected chi connectivity index (χ3v) is 6.95. The van der Waals surface area contributed by atoms with E-state index in [9.17, 15) is 4.79 Å². The predicted octanol–water partition coefficient (Wildman–Crippen LogP) is 5.32. The van der Waals surface area contributed by atoms with E-state index in [1.165, 1.54) is 6.42 Å². The number of hydrogen-bond donors (Lipinski definition) is 2. The summed E-state index contributed by atoms with van der Waals surface area (Å²) < 4.78 is 2.44. The van der Waals surface area contributed by atoms with Crippen LogP contribution >= 0.6 is 35.3 Å². The van der Waals surface area contributed by atoms with Gasteiger partial charge in [-0.1, -0.05) is 30.9 Å². The summed E-state index contributed by atoms with van der Waals surface area (Å²) in [5.41, 5.74) is 1.05. The summed E-state index contributed by atoms with van der Waals surface area (Å²) in [4.78, 5) is 14.3. The number of halogens is 2. The van der Waals surface area contributed by atoms with E-state index in [-0.39, 0.29) is 24.2 Å². The van der Waals surface area contributed by atoms with Crippen LogP contribution in [0.1, 0.15) is 66.2 Å². The number of thiophene rings is 1. The lowest BCUT2D eigenvalue weighted by Crippen LogP contribution is -2.28. The largest absolute Gasteiger partial charge is 0.365 e. The highest BCUT2D eigenvalue weighted by Gasteiger charge is 2.27. The molecule has 154 valence electrons. The summed E-state index contributed by atoms with van der Waals surface area (Å²) in [6.07, 6.45) is 7.67. The SMILES string of the molecule is Cl.O=C(C1CCCCC1)n1nc(C2CCNCC2)cc1NCc1ccc(Cl)s1. The van der Waals surface area contributed by atoms with Crippen LogP contribution in [0.5, 0.6) is 0 Å². The molecule has 5 nitrogen and oxygen atoms in total. The van der Waals surface area contributed by atoms with Crippen molar-refractivity contribution < 1.29 is 4.79 Å². The maximum absolute atomic E-state index is 13.2. The van der Waals surface area contributed by atoms with E-state index in [0.717, 1.165) is 72.3 Å². The van der Waals surface area contributed by atoms with Crippen LogP contribution in [0.2, 0.25) is 4.34 Å². The van der Waals surface area contributed by atoms with Gasteiger partial charge in [-0.25, -0.2) is 0 Å². The van der Waals surface area contributed by atoms with Gasteiger partial charge in [-0.05, 0) is 50.9 Å². The number of anilines is 1. The molecular weight excluding hydrogens is 415 g/mol. The Morgan fingerprint density at radius 1 is 1.21 bits per heavy atom. The van der Waals surface area contributed by atoms with Crippen molar-refractivity contribution in [3.05, 3.63) is 33.1 Å². The number of nitrogens with one attached hydrogen (secondary N) is 2. The van der Waals surface area contributed by atoms with Crippen molar-refractivity contribution in [2.24, 2.45) is 5.92 Å². The van der Waals surface area contributed by atoms with Crippen LogP contribution in [0.3, 0.4) is 0 Å². The number of hydrogen-bond acceptors (Lipinski definition) is 5. The fourth-order valence-corrected chi connectivity index (χ4v) is 5.18. The van der Waals surface area contributed by atoms with Crippen LogP contribution < -0.4 is 10.6 Å². The van der Waals surface area contributed by atoms with Crippen molar-refractivity contribution in [1.82, 2.24) is 15.1 Å². The molecule has 0 atom stereocenters. The van der Waals surface area contributed by atoms with Crippen molar-refractivity contribution in [2.45, 2.75) is 57.4 Å². The topological polar surface area (TPSA) is 59.0 Å². The monoisotopic (exact) mass is 442 g/mol. The molecule has 0 spiro atoms. The third kappa shape index (κ3) is 5.09. The normalized spacial score (nSPS) is 18.6. The zero-order valence-corrected chi connectivity index (χ0v) is 18.3. The van der Waals surface area contributed by atoms with Gasteiger partial charge in [0.25, 0.3) is 5.91 Å². The van der Waals surface area contributed by atoms with Gasteiger partial charge in [0.1, 0.15) is 5.82 Å². The van der Waals surface area contributed by atoms with Crippen LogP contribution in [-0.4, -0.2) is 28.8 Å². The lowest BCUT2D eigenvalue weighted by Gasteiger charge is -2.21. The molecule has 28 heavy (non-hydrogen) atoms. The predicted molar refractivity (Wildman–Crippen MR) is 118 cm³/mol. The molecule has 4 rings (SSSR count). The fraction of sp³-hybridized carbons (Fsp3) is 0.600. The average Bonchev–Trinajstić information content (AvgIpc) is 3.33. The first-order valence-electron chi connectivity index (χ1n) is 10.0. The Balaban J connectivity index is 0.00000225. The highest BCUT2D eigenvalue weighted by molar-refractivity contribution is 7.16. The van der Waals surface area contributed by atoms with Crippen LogP contribution in [0.25, 0.3) is 0 Å². The van der Waals surface area contributed by atoms with Gasteiger partial charge in [-0.3, -0.25) is 4.79 Å². The van der Waals surface area contributed by atoms with Gasteiger partial charge in [-0.15, -0.1) is 23.7 Å². The molecule has 2 aromatic heterocycles. The first kappa shape index (κ1) is 21.6. The van der Waals surface area contributed by atoms with Crippen molar-refractivity contribution in [3.63, 3.8) is 0 Å². The highest BCUT2D eigenvalue weighted by Crippen LogP contribution is 2.30. The first-order chi connectivity index (χ1) is 13.2. The maximum atomic E-state index is 13.2. The van der Waals surface area contributed by atoms with Gasteiger partial charge in [0, 0.05) is 22.8 Å². The Bertz CT molecular complexity index is 779. The lowest BCUT2D eigenvalue weighted by atomic mass is 9.89. The Morgan fingerprint density at radius 3 is 2.64 bits per heavy atom. The van der Waals surface area contributed by atoms with Crippen LogP contribution in [0.4, 0.5) is 5.82 Å². The maximum Gasteiger partial charge on any atom is 0.251 e. The lowest BCUT2D eigenvalue weighted by molar-refractivity contribution is 0.0786. The molecule has 3 heterocycles. The molecule has 2 fully saturated rings. The van der Waals surface area contributed by atoms with Crippen LogP contribution in [0, 0.1) is 5.92 Å². The number of nitrogens with zero attached hydrogens (tertiary/aromatic N) is 2. The Morgan fingerprint density at radius 2 is 1.96 bits per heavy atom. The van der Waals surface area contributed by atoms with Gasteiger partial charge in [-0.2, -0.15) is 9.78 Å². The molecule has 2 aliphatic rings. The summed E-state index contributed by atoms with van der Waals surface area (Å²) in [5.74, 6) is 1.52. The molecule has 0 unspecified atom stereocenters. The fourth-order valence-electron chi connectivity index (χ4n) is 4.16. The van der Waals surface area contributed by atoms with E-state index in [2.05, 4.69) is 16.7 Å². The minimum Gasteiger partial charge on any atom is -0.365 e. The Labute approximate surface area is 181 Å². The molecule has 0 radical (unpaired) electrons. The molecule has 1 aliphatic heterocycles. The van der Waals surface area contributed by atoms with E-state index >= 15 is 0 Å². The second-order valence-electron chi connectivity index (χ2n) is 7.62. The Hall–Kier alpha value is -1.08. The molecular formula is C20H28Cl2N4OS. The van der Waals surface area contributed by atoms with Crippen molar-refractivity contribution in [1.29, 1.82) is 0 Å². The standard InChI is InChI=1S/C20H27ClN4OS.ClH/c21-18-7-6-16(27-18)13-23-19-12-17(14-8-10-22-11-9-14)24-25(19)20(26)15-4-2-1-3-5-15;/h6-7,12,14-15,22-23H,1-5,8-11,13H2;1H. The molecule has 1 saturated heterocycles. The summed E-state index contributed by atoms with van der Waals surface area (Å²) in [6, 6.07) is 6.03. The van der Waals surface area contributed by atoms with Gasteiger partial charge in [0.2, 0.25) is 0 Å². The van der Waals surface area contributed by atoms with E-state index < -0.39 is 0 Å². The van der Waals surface area contributed by atoms with Crippen molar-refractivity contribution >= 4 is 47.1 Å². The number of carbonyl (C=O) groups is 1. The van der Waals surface area contributed by atoms with Crippen molar-refractivity contribution in [2.75, 3.05) is 18.4 Å². The second kappa shape index (κ2) is 10.1. The van der Waals surface area contributed by atoms with E-state index in [4.69, 9.17) is 16.7 Å². The summed E-state index contributed by atoms with van der Waals surface area (Å²) in [7, 11) is 0. The molecule has 1 saturated carbocycles. The zero-order chi connectivity index (χ0) is 18.6. The molecule has 2 aromatic rings. The van der Waals surface area contributed by atoms with Gasteiger partial charge >= 0.3 is 0 Å². The molecule has 2 N–H and O–H groups in total. The minimum atomic E-state index is 0. The number of carbonyl (C=O) groups excluding carboxylic acids is 1. The number of aromatic nitrogens is 2.